The Morgan fingerprint density at radius 3 is 2.77 bits per heavy atom. The topological polar surface area (TPSA) is 64.2 Å². The summed E-state index contributed by atoms with van der Waals surface area (Å²) in [7, 11) is 0. The van der Waals surface area contributed by atoms with E-state index in [0.29, 0.717) is 4.70 Å². The van der Waals surface area contributed by atoms with E-state index in [1.807, 2.05) is 6.07 Å². The fourth-order valence-electron chi connectivity index (χ4n) is 1.17. The first kappa shape index (κ1) is 7.90. The lowest BCUT2D eigenvalue weighted by molar-refractivity contribution is 0.407. The number of nitriles is 1. The van der Waals surface area contributed by atoms with Crippen LogP contribution in [0.5, 0.6) is 11.5 Å². The minimum absolute atomic E-state index is 0.100. The predicted octanol–water partition coefficient (Wildman–Crippen LogP) is 2.18. The number of hydrogen-bond acceptors (Lipinski definition) is 4. The summed E-state index contributed by atoms with van der Waals surface area (Å²) < 4.78 is 0.608. The van der Waals surface area contributed by atoms with Gasteiger partial charge in [-0.1, -0.05) is 0 Å². The predicted molar refractivity (Wildman–Crippen MR) is 49.9 cm³/mol. The molecule has 13 heavy (non-hydrogen) atoms. The van der Waals surface area contributed by atoms with E-state index in [2.05, 4.69) is 0 Å². The summed E-state index contributed by atoms with van der Waals surface area (Å²) in [5.41, 5.74) is 0.100. The molecule has 64 valence electrons. The molecule has 0 saturated heterocycles. The summed E-state index contributed by atoms with van der Waals surface area (Å²) in [6.45, 7) is 0. The van der Waals surface area contributed by atoms with Crippen LogP contribution in [-0.4, -0.2) is 10.2 Å². The van der Waals surface area contributed by atoms with Gasteiger partial charge in [0.05, 0.1) is 10.3 Å². The summed E-state index contributed by atoms with van der Waals surface area (Å²) >= 11 is 1.33. The molecule has 1 aromatic carbocycles. The van der Waals surface area contributed by atoms with Gasteiger partial charge in [0.2, 0.25) is 0 Å². The molecule has 0 atom stereocenters. The van der Waals surface area contributed by atoms with Crippen LogP contribution in [0.4, 0.5) is 0 Å². The van der Waals surface area contributed by atoms with E-state index in [9.17, 15) is 10.2 Å². The van der Waals surface area contributed by atoms with Gasteiger partial charge in [0.15, 0.2) is 11.5 Å². The van der Waals surface area contributed by atoms with Gasteiger partial charge in [-0.2, -0.15) is 5.26 Å². The van der Waals surface area contributed by atoms with Crippen molar-refractivity contribution < 1.29 is 10.2 Å². The van der Waals surface area contributed by atoms with Crippen molar-refractivity contribution in [1.82, 2.24) is 0 Å². The average Bonchev–Trinajstić information content (AvgIpc) is 2.59. The Morgan fingerprint density at radius 2 is 2.08 bits per heavy atom. The van der Waals surface area contributed by atoms with Gasteiger partial charge in [0.25, 0.3) is 0 Å². The van der Waals surface area contributed by atoms with Crippen LogP contribution >= 0.6 is 11.3 Å². The first-order valence-electron chi connectivity index (χ1n) is 3.56. The molecule has 4 heteroatoms. The lowest BCUT2D eigenvalue weighted by atomic mass is 10.1. The Kier molecular flexibility index (Phi) is 1.61. The molecule has 0 amide bonds. The van der Waals surface area contributed by atoms with E-state index in [1.165, 1.54) is 11.3 Å². The van der Waals surface area contributed by atoms with Crippen LogP contribution in [0.2, 0.25) is 0 Å². The van der Waals surface area contributed by atoms with Crippen molar-refractivity contribution in [2.24, 2.45) is 0 Å². The number of thiophene rings is 1. The largest absolute Gasteiger partial charge is 0.503 e. The zero-order valence-corrected chi connectivity index (χ0v) is 7.30. The van der Waals surface area contributed by atoms with E-state index < -0.39 is 0 Å². The number of phenols is 2. The third kappa shape index (κ3) is 1.02. The number of rotatable bonds is 0. The Labute approximate surface area is 78.1 Å². The van der Waals surface area contributed by atoms with E-state index in [0.717, 1.165) is 5.39 Å². The molecule has 1 heterocycles. The molecule has 0 fully saturated rings. The number of aromatic hydroxyl groups is 2. The highest BCUT2D eigenvalue weighted by molar-refractivity contribution is 7.17. The van der Waals surface area contributed by atoms with Crippen LogP contribution < -0.4 is 0 Å². The first-order chi connectivity index (χ1) is 6.24. The molecule has 0 unspecified atom stereocenters. The van der Waals surface area contributed by atoms with Gasteiger partial charge in [-0.15, -0.1) is 11.3 Å². The molecular weight excluding hydrogens is 186 g/mol. The van der Waals surface area contributed by atoms with Gasteiger partial charge in [0, 0.05) is 0 Å². The van der Waals surface area contributed by atoms with Crippen molar-refractivity contribution in [3.63, 3.8) is 0 Å². The molecule has 0 aliphatic heterocycles. The minimum Gasteiger partial charge on any atom is -0.503 e. The number of fused-ring (bicyclic) bond motifs is 1. The fraction of sp³-hybridized carbons (Fsp3) is 0. The van der Waals surface area contributed by atoms with E-state index >= 15 is 0 Å². The van der Waals surface area contributed by atoms with Crippen LogP contribution in [-0.2, 0) is 0 Å². The summed E-state index contributed by atoms with van der Waals surface area (Å²) in [5.74, 6) is -0.540. The maximum atomic E-state index is 9.47. The summed E-state index contributed by atoms with van der Waals surface area (Å²) in [6, 6.07) is 5.16. The van der Waals surface area contributed by atoms with Crippen molar-refractivity contribution in [3.8, 4) is 17.6 Å². The van der Waals surface area contributed by atoms with Crippen LogP contribution in [0, 0.1) is 11.3 Å². The highest BCUT2D eigenvalue weighted by Gasteiger charge is 2.11. The van der Waals surface area contributed by atoms with Crippen molar-refractivity contribution in [1.29, 1.82) is 5.26 Å². The second-order valence-corrected chi connectivity index (χ2v) is 3.49. The number of benzene rings is 1. The summed E-state index contributed by atoms with van der Waals surface area (Å²) in [5, 5.41) is 30.0. The van der Waals surface area contributed by atoms with Crippen molar-refractivity contribution >= 4 is 21.4 Å². The molecule has 0 spiro atoms. The van der Waals surface area contributed by atoms with Crippen molar-refractivity contribution in [3.05, 3.63) is 23.1 Å². The molecule has 3 nitrogen and oxygen atoms in total. The van der Waals surface area contributed by atoms with Gasteiger partial charge >= 0.3 is 0 Å². The van der Waals surface area contributed by atoms with Gasteiger partial charge in [-0.3, -0.25) is 0 Å². The van der Waals surface area contributed by atoms with Crippen LogP contribution in [0.15, 0.2) is 17.5 Å². The molecule has 2 aromatic rings. The van der Waals surface area contributed by atoms with Crippen LogP contribution in [0.25, 0.3) is 10.1 Å². The normalized spacial score (nSPS) is 10.1. The summed E-state index contributed by atoms with van der Waals surface area (Å²) in [4.78, 5) is 0. The third-order valence-corrected chi connectivity index (χ3v) is 2.75. The second kappa shape index (κ2) is 2.64. The smallest absolute Gasteiger partial charge is 0.177 e. The number of nitrogens with zero attached hydrogens (tertiary/aromatic N) is 1. The Morgan fingerprint density at radius 1 is 1.31 bits per heavy atom. The van der Waals surface area contributed by atoms with Gasteiger partial charge in [-0.25, -0.2) is 0 Å². The lowest BCUT2D eigenvalue weighted by Gasteiger charge is -2.00. The third-order valence-electron chi connectivity index (χ3n) is 1.81. The maximum absolute atomic E-state index is 9.47. The monoisotopic (exact) mass is 191 g/mol. The lowest BCUT2D eigenvalue weighted by Crippen LogP contribution is -1.77. The zero-order valence-electron chi connectivity index (χ0n) is 6.48. The second-order valence-electron chi connectivity index (χ2n) is 2.57. The molecule has 1 aromatic heterocycles. The summed E-state index contributed by atoms with van der Waals surface area (Å²) in [6.07, 6.45) is 0. The quantitative estimate of drug-likeness (QED) is 0.627. The van der Waals surface area contributed by atoms with Crippen LogP contribution in [0.1, 0.15) is 5.56 Å². The molecular formula is C9H5NO2S. The standard InChI is InChI=1S/C9H5NO2S/c10-4-6-3-5-1-2-13-9(5)8(12)7(6)11/h1-3,11-12H. The SMILES string of the molecule is N#Cc1cc2ccsc2c(O)c1O. The Hall–Kier alpha value is -1.73. The zero-order chi connectivity index (χ0) is 9.42. The molecule has 2 N–H and O–H groups in total. The first-order valence-corrected chi connectivity index (χ1v) is 4.44. The van der Waals surface area contributed by atoms with Gasteiger partial charge in [-0.05, 0) is 22.9 Å². The molecule has 0 saturated carbocycles. The molecule has 0 aliphatic carbocycles. The average molecular weight is 191 g/mol. The van der Waals surface area contributed by atoms with E-state index in [-0.39, 0.29) is 17.1 Å². The van der Waals surface area contributed by atoms with Crippen molar-refractivity contribution in [2.45, 2.75) is 0 Å². The fourth-order valence-corrected chi connectivity index (χ4v) is 1.99. The molecule has 0 aliphatic rings. The number of phenolic OH excluding ortho intramolecular Hbond substituents is 2. The van der Waals surface area contributed by atoms with E-state index in [4.69, 9.17) is 5.26 Å². The Bertz CT molecular complexity index is 510. The van der Waals surface area contributed by atoms with Crippen molar-refractivity contribution in [2.75, 3.05) is 0 Å². The van der Waals surface area contributed by atoms with Gasteiger partial charge < -0.3 is 10.2 Å². The Balaban J connectivity index is 2.94. The van der Waals surface area contributed by atoms with Gasteiger partial charge in [0.1, 0.15) is 6.07 Å². The van der Waals surface area contributed by atoms with E-state index in [1.54, 1.807) is 17.5 Å². The maximum Gasteiger partial charge on any atom is 0.177 e. The highest BCUT2D eigenvalue weighted by atomic mass is 32.1. The molecule has 2 rings (SSSR count). The minimum atomic E-state index is -0.336. The molecule has 0 bridgehead atoms. The highest BCUT2D eigenvalue weighted by Crippen LogP contribution is 2.39. The molecule has 0 radical (unpaired) electrons. The number of hydrogen-bond donors (Lipinski definition) is 2. The van der Waals surface area contributed by atoms with Crippen LogP contribution in [0.3, 0.4) is 0 Å².